The lowest BCUT2D eigenvalue weighted by molar-refractivity contribution is 0.366. The average molecular weight is 718 g/mol. The fourth-order valence-corrected chi connectivity index (χ4v) is 1.21. The van der Waals surface area contributed by atoms with Gasteiger partial charge in [-0.25, -0.2) is 0 Å². The van der Waals surface area contributed by atoms with E-state index in [1.165, 1.54) is 0 Å². The molecule has 1 N–H and O–H groups in total. The van der Waals surface area contributed by atoms with Crippen LogP contribution in [-0.2, 0) is 0 Å². The van der Waals surface area contributed by atoms with Gasteiger partial charge in [0, 0.05) is 22.2 Å². The van der Waals surface area contributed by atoms with E-state index in [1.54, 1.807) is 0 Å². The van der Waals surface area contributed by atoms with E-state index in [-0.39, 0.29) is 0 Å². The monoisotopic (exact) mass is 719 g/mol. The molecule has 2 aromatic rings. The number of halogens is 24. The molecule has 0 spiro atoms. The van der Waals surface area contributed by atoms with Crippen molar-refractivity contribution in [2.45, 2.75) is 0 Å². The lowest BCUT2D eigenvalue weighted by atomic mass is 10.3. The predicted molar refractivity (Wildman–Crippen MR) is 121 cm³/mol. The Hall–Kier alpha value is -3.63. The molecule has 0 saturated carbocycles. The van der Waals surface area contributed by atoms with Gasteiger partial charge in [-0.3, -0.25) is 0 Å². The van der Waals surface area contributed by atoms with Crippen LogP contribution in [0.3, 0.4) is 0 Å². The minimum atomic E-state index is -6.00. The largest absolute Gasteiger partial charge is 0.673 e. The van der Waals surface area contributed by atoms with Gasteiger partial charge in [0.25, 0.3) is 0 Å². The summed E-state index contributed by atoms with van der Waals surface area (Å²) in [5, 5.41) is 15.3. The predicted octanol–water partition coefficient (Wildman–Crippen LogP) is 11.3. The van der Waals surface area contributed by atoms with E-state index in [4.69, 9.17) is 10.8 Å². The third kappa shape index (κ3) is 222. The van der Waals surface area contributed by atoms with Crippen molar-refractivity contribution in [3.05, 3.63) is 60.7 Å². The van der Waals surface area contributed by atoms with E-state index in [1.807, 2.05) is 60.7 Å². The summed E-state index contributed by atoms with van der Waals surface area (Å²) in [5.41, 5.74) is 2.24. The molecule has 0 bridgehead atoms. The highest BCUT2D eigenvalue weighted by Crippen LogP contribution is 2.14. The first-order chi connectivity index (χ1) is 19.4. The van der Waals surface area contributed by atoms with Crippen molar-refractivity contribution < 1.29 is 104 Å². The molecule has 2 rings (SSSR count). The Kier molecular flexibility index (Phi) is 30.7. The van der Waals surface area contributed by atoms with Crippen molar-refractivity contribution in [2.24, 2.45) is 0 Å². The second-order valence-corrected chi connectivity index (χ2v) is 5.83. The first-order valence-electron chi connectivity index (χ1n) is 9.76. The summed E-state index contributed by atoms with van der Waals surface area (Å²) in [7, 11) is -36.0. The van der Waals surface area contributed by atoms with Gasteiger partial charge in [0.1, 0.15) is 0 Å². The summed E-state index contributed by atoms with van der Waals surface area (Å²) >= 11 is 0. The standard InChI is InChI=1S/C12H11N.6BF4.N2/c1-3-7-11(8-4-1)13-12-9-5-2-6-10-12;6*2-1(3,4)5;1-2/h1-10,13H;;;;;;;/q;6*-1;. The van der Waals surface area contributed by atoms with Crippen molar-refractivity contribution in [3.63, 3.8) is 0 Å². The van der Waals surface area contributed by atoms with Crippen LogP contribution in [0, 0.1) is 10.8 Å². The third-order valence-electron chi connectivity index (χ3n) is 1.84. The lowest BCUT2D eigenvalue weighted by Crippen LogP contribution is -2.02. The van der Waals surface area contributed by atoms with Crippen LogP contribution in [0.5, 0.6) is 0 Å². The van der Waals surface area contributed by atoms with Gasteiger partial charge in [-0.15, -0.1) is 0 Å². The summed E-state index contributed by atoms with van der Waals surface area (Å²) < 4.78 is 234. The van der Waals surface area contributed by atoms with Crippen LogP contribution in [0.4, 0.5) is 115 Å². The van der Waals surface area contributed by atoms with Crippen LogP contribution in [0.25, 0.3) is 0 Å². The molecule has 3 nitrogen and oxygen atoms in total. The topological polar surface area (TPSA) is 59.6 Å². The summed E-state index contributed by atoms with van der Waals surface area (Å²) in [6, 6.07) is 20.3. The SMILES string of the molecule is F[B-](F)(F)F.F[B-](F)(F)F.F[B-](F)(F)F.F[B-](F)(F)F.F[B-](F)(F)F.F[B-](F)(F)F.N#N.c1ccc(Nc2ccccc2)cc1. The van der Waals surface area contributed by atoms with Crippen LogP contribution in [0.1, 0.15) is 0 Å². The summed E-state index contributed by atoms with van der Waals surface area (Å²) in [4.78, 5) is 0. The Balaban J connectivity index is -0.000000103. The lowest BCUT2D eigenvalue weighted by Gasteiger charge is -2.04. The number of nitrogens with one attached hydrogen (secondary N) is 1. The molecular weight excluding hydrogens is 707 g/mol. The van der Waals surface area contributed by atoms with E-state index >= 15 is 0 Å². The molecular formula is C12H11B6F24N3-6. The number of hydrogen-bond acceptors (Lipinski definition) is 3. The number of rotatable bonds is 2. The normalized spacial score (nSPS) is 10.8. The molecule has 0 atom stereocenters. The van der Waals surface area contributed by atoms with E-state index in [9.17, 15) is 104 Å². The third-order valence-corrected chi connectivity index (χ3v) is 1.84. The molecule has 0 aliphatic rings. The second kappa shape index (κ2) is 25.7. The van der Waals surface area contributed by atoms with E-state index in [0.717, 1.165) is 11.4 Å². The Morgan fingerprint density at radius 1 is 0.289 bits per heavy atom. The van der Waals surface area contributed by atoms with Crippen LogP contribution in [-0.4, -0.2) is 43.5 Å². The van der Waals surface area contributed by atoms with Gasteiger partial charge >= 0.3 is 43.5 Å². The molecule has 0 aliphatic carbocycles. The number of para-hydroxylation sites is 2. The highest BCUT2D eigenvalue weighted by molar-refractivity contribution is 6.51. The maximum Gasteiger partial charge on any atom is 0.673 e. The Morgan fingerprint density at radius 3 is 0.511 bits per heavy atom. The molecule has 266 valence electrons. The maximum atomic E-state index is 9.75. The van der Waals surface area contributed by atoms with E-state index in [2.05, 4.69) is 5.32 Å². The molecule has 0 unspecified atom stereocenters. The smallest absolute Gasteiger partial charge is 0.418 e. The van der Waals surface area contributed by atoms with Crippen LogP contribution in [0.2, 0.25) is 0 Å². The second-order valence-electron chi connectivity index (χ2n) is 5.83. The quantitative estimate of drug-likeness (QED) is 0.191. The molecule has 0 saturated heterocycles. The van der Waals surface area contributed by atoms with Gasteiger partial charge in [-0.2, -0.15) is 0 Å². The van der Waals surface area contributed by atoms with Gasteiger partial charge in [0.15, 0.2) is 0 Å². The van der Waals surface area contributed by atoms with E-state index in [0.29, 0.717) is 0 Å². The molecule has 0 heterocycles. The molecule has 2 aromatic carbocycles. The fraction of sp³-hybridized carbons (Fsp3) is 0. The van der Waals surface area contributed by atoms with Gasteiger partial charge in [0.05, 0.1) is 0 Å². The van der Waals surface area contributed by atoms with Gasteiger partial charge in [-0.1, -0.05) is 36.4 Å². The highest BCUT2D eigenvalue weighted by atomic mass is 19.5. The Morgan fingerprint density at radius 2 is 0.400 bits per heavy atom. The van der Waals surface area contributed by atoms with Crippen LogP contribution >= 0.6 is 0 Å². The van der Waals surface area contributed by atoms with Crippen LogP contribution < -0.4 is 5.32 Å². The highest BCUT2D eigenvalue weighted by Gasteiger charge is 2.22. The van der Waals surface area contributed by atoms with Gasteiger partial charge < -0.3 is 109 Å². The van der Waals surface area contributed by atoms with Crippen molar-refractivity contribution in [3.8, 4) is 0 Å². The van der Waals surface area contributed by atoms with Crippen LogP contribution in [0.15, 0.2) is 60.7 Å². The first kappa shape index (κ1) is 53.9. The van der Waals surface area contributed by atoms with Crippen molar-refractivity contribution in [2.75, 3.05) is 5.32 Å². The summed E-state index contributed by atoms with van der Waals surface area (Å²) in [6.45, 7) is 0. The summed E-state index contributed by atoms with van der Waals surface area (Å²) in [6.07, 6.45) is 0. The van der Waals surface area contributed by atoms with Crippen molar-refractivity contribution in [1.29, 1.82) is 10.8 Å². The zero-order valence-electron chi connectivity index (χ0n) is 20.7. The molecule has 0 aliphatic heterocycles. The van der Waals surface area contributed by atoms with Crippen molar-refractivity contribution in [1.82, 2.24) is 0 Å². The molecule has 0 radical (unpaired) electrons. The van der Waals surface area contributed by atoms with Crippen molar-refractivity contribution >= 4 is 54.9 Å². The first-order valence-corrected chi connectivity index (χ1v) is 9.76. The van der Waals surface area contributed by atoms with Gasteiger partial charge in [0.2, 0.25) is 0 Å². The van der Waals surface area contributed by atoms with Gasteiger partial charge in [-0.05, 0) is 24.3 Å². The molecule has 45 heavy (non-hydrogen) atoms. The minimum Gasteiger partial charge on any atom is -0.418 e. The number of hydrogen-bond donors (Lipinski definition) is 1. The summed E-state index contributed by atoms with van der Waals surface area (Å²) in [5.74, 6) is 0. The molecule has 0 amide bonds. The van der Waals surface area contributed by atoms with E-state index < -0.39 is 43.5 Å². The fourth-order valence-electron chi connectivity index (χ4n) is 1.21. The zero-order valence-corrected chi connectivity index (χ0v) is 20.7. The maximum absolute atomic E-state index is 9.75. The molecule has 0 fully saturated rings. The molecule has 33 heteroatoms. The minimum absolute atomic E-state index is 1.12. The molecule has 0 aromatic heterocycles. The zero-order chi connectivity index (χ0) is 37.9. The Bertz CT molecular complexity index is 761. The number of benzene rings is 2. The number of nitrogens with zero attached hydrogens (tertiary/aromatic N) is 2. The average Bonchev–Trinajstić information content (AvgIpc) is 2.69. The number of anilines is 2. The Labute approximate surface area is 236 Å².